The lowest BCUT2D eigenvalue weighted by molar-refractivity contribution is -0.156. The molecule has 2 aliphatic carbocycles. The van der Waals surface area contributed by atoms with Crippen molar-refractivity contribution in [2.75, 3.05) is 19.8 Å². The Kier molecular flexibility index (Phi) is 11.4. The van der Waals surface area contributed by atoms with Gasteiger partial charge in [0, 0.05) is 30.0 Å². The first kappa shape index (κ1) is 43.5. The third-order valence-corrected chi connectivity index (χ3v) is 15.5. The van der Waals surface area contributed by atoms with Crippen LogP contribution in [0.1, 0.15) is 91.7 Å². The summed E-state index contributed by atoms with van der Waals surface area (Å²) in [5.41, 5.74) is -3.51. The summed E-state index contributed by atoms with van der Waals surface area (Å²) in [7, 11) is -4.47. The van der Waals surface area contributed by atoms with Crippen LogP contribution >= 0.6 is 0 Å². The number of alkyl halides is 3. The van der Waals surface area contributed by atoms with Crippen molar-refractivity contribution in [3.8, 4) is 11.6 Å². The fraction of sp³-hybridized carbons (Fsp3) is 0.643. The van der Waals surface area contributed by atoms with Crippen LogP contribution in [0.5, 0.6) is 11.6 Å². The number of amides is 4. The number of hydrogen-bond acceptors (Lipinski definition) is 9. The van der Waals surface area contributed by atoms with Crippen molar-refractivity contribution < 1.29 is 55.3 Å². The molecule has 7 rings (SSSR count). The molecule has 3 N–H and O–H groups in total. The van der Waals surface area contributed by atoms with Crippen LogP contribution in [-0.2, 0) is 30.8 Å². The molecule has 328 valence electrons. The topological polar surface area (TPSA) is 185 Å². The molecule has 0 radical (unpaired) electrons. The van der Waals surface area contributed by atoms with Crippen molar-refractivity contribution in [3.05, 3.63) is 42.1 Å². The monoisotopic (exact) mass is 861 g/mol. The van der Waals surface area contributed by atoms with Gasteiger partial charge in [0.1, 0.15) is 46.4 Å². The largest absolute Gasteiger partial charge is 0.491 e. The Morgan fingerprint density at radius 1 is 1.13 bits per heavy atom. The van der Waals surface area contributed by atoms with Gasteiger partial charge in [0.2, 0.25) is 27.7 Å². The van der Waals surface area contributed by atoms with Gasteiger partial charge >= 0.3 is 6.09 Å². The molecule has 4 amide bonds. The second kappa shape index (κ2) is 15.7. The van der Waals surface area contributed by atoms with E-state index in [1.54, 1.807) is 25.1 Å². The second-order valence-electron chi connectivity index (χ2n) is 18.1. The highest BCUT2D eigenvalue weighted by molar-refractivity contribution is 7.91. The average Bonchev–Trinajstić information content (AvgIpc) is 4.09. The predicted octanol–water partition coefficient (Wildman–Crippen LogP) is 5.53. The Labute approximate surface area is 347 Å². The molecule has 4 heterocycles. The first-order valence-electron chi connectivity index (χ1n) is 20.7. The molecular formula is C42H54F3N5O9S. The first-order chi connectivity index (χ1) is 28.2. The molecule has 60 heavy (non-hydrogen) atoms. The maximum Gasteiger partial charge on any atom is 0.408 e. The second-order valence-corrected chi connectivity index (χ2v) is 20.1. The van der Waals surface area contributed by atoms with Gasteiger partial charge in [0.05, 0.1) is 18.8 Å². The van der Waals surface area contributed by atoms with Crippen LogP contribution < -0.4 is 19.5 Å². The fourth-order valence-electron chi connectivity index (χ4n) is 9.06. The number of carboxylic acid groups (broad SMARTS) is 1. The summed E-state index contributed by atoms with van der Waals surface area (Å²) in [4.78, 5) is 63.5. The zero-order valence-corrected chi connectivity index (χ0v) is 35.3. The van der Waals surface area contributed by atoms with E-state index >= 15 is 13.6 Å². The molecule has 3 aliphatic heterocycles. The van der Waals surface area contributed by atoms with Crippen molar-refractivity contribution in [1.82, 2.24) is 24.8 Å². The number of aromatic nitrogens is 1. The highest BCUT2D eigenvalue weighted by Gasteiger charge is 2.64. The number of allylic oxidation sites excluding steroid dienone is 1. The smallest absolute Gasteiger partial charge is 0.408 e. The lowest BCUT2D eigenvalue weighted by Crippen LogP contribution is -2.66. The number of nitrogens with zero attached hydrogens (tertiary/aromatic N) is 3. The van der Waals surface area contributed by atoms with Crippen LogP contribution in [0, 0.1) is 17.8 Å². The summed E-state index contributed by atoms with van der Waals surface area (Å²) < 4.78 is 84.1. The SMILES string of the molecule is C[C@H]1CCC=C[C@@H]2C[C@@]2(C(=O)NS(=O)(=O)C2(CF)CC2)NC(=O)[C@@H]2C[C@@H](Oc3nc4c(c5ccccc35)OCCC4)CN2C(=O)[C@@H](N(C(=O)O)C(C)(C)C(C)(F)F)[C@H](C)C1. The maximum atomic E-state index is 15.4. The fourth-order valence-corrected chi connectivity index (χ4v) is 10.5. The van der Waals surface area contributed by atoms with Gasteiger partial charge in [-0.05, 0) is 83.1 Å². The van der Waals surface area contributed by atoms with E-state index in [2.05, 4.69) is 5.32 Å². The van der Waals surface area contributed by atoms with E-state index < -0.39 is 92.3 Å². The van der Waals surface area contributed by atoms with Crippen molar-refractivity contribution in [2.24, 2.45) is 17.8 Å². The van der Waals surface area contributed by atoms with Gasteiger partial charge in [-0.1, -0.05) is 44.2 Å². The number of halogens is 3. The summed E-state index contributed by atoms with van der Waals surface area (Å²) in [5.74, 6) is -7.17. The molecule has 0 bridgehead atoms. The molecule has 5 aliphatic rings. The number of ether oxygens (including phenoxy) is 2. The van der Waals surface area contributed by atoms with Crippen LogP contribution in [0.4, 0.5) is 18.0 Å². The minimum Gasteiger partial charge on any atom is -0.491 e. The predicted molar refractivity (Wildman–Crippen MR) is 214 cm³/mol. The molecule has 1 aromatic carbocycles. The van der Waals surface area contributed by atoms with Crippen LogP contribution in [0.25, 0.3) is 10.8 Å². The van der Waals surface area contributed by atoms with Gasteiger partial charge in [0.25, 0.3) is 11.8 Å². The third kappa shape index (κ3) is 7.76. The zero-order valence-electron chi connectivity index (χ0n) is 34.5. The number of nitrogens with one attached hydrogen (secondary N) is 2. The molecular weight excluding hydrogens is 808 g/mol. The quantitative estimate of drug-likeness (QED) is 0.271. The van der Waals surface area contributed by atoms with Gasteiger partial charge in [0.15, 0.2) is 0 Å². The number of benzene rings is 1. The van der Waals surface area contributed by atoms with Crippen LogP contribution in [0.3, 0.4) is 0 Å². The van der Waals surface area contributed by atoms with E-state index in [0.29, 0.717) is 54.5 Å². The average molecular weight is 862 g/mol. The summed E-state index contributed by atoms with van der Waals surface area (Å²) in [6.07, 6.45) is 3.36. The molecule has 1 aromatic heterocycles. The number of carbonyl (C=O) groups excluding carboxylic acids is 3. The van der Waals surface area contributed by atoms with Gasteiger partial charge < -0.3 is 24.8 Å². The third-order valence-electron chi connectivity index (χ3n) is 13.4. The number of fused-ring (bicyclic) bond motifs is 5. The summed E-state index contributed by atoms with van der Waals surface area (Å²) in [6.45, 7) is 5.28. The summed E-state index contributed by atoms with van der Waals surface area (Å²) >= 11 is 0. The Hall–Kier alpha value is -4.61. The van der Waals surface area contributed by atoms with E-state index in [1.807, 2.05) is 29.9 Å². The van der Waals surface area contributed by atoms with Gasteiger partial charge in [-0.25, -0.2) is 31.4 Å². The van der Waals surface area contributed by atoms with Crippen molar-refractivity contribution in [3.63, 3.8) is 0 Å². The minimum absolute atomic E-state index is 0.00863. The molecule has 14 nitrogen and oxygen atoms in total. The Balaban J connectivity index is 1.30. The molecule has 2 aromatic rings. The number of rotatable bonds is 9. The number of carbonyl (C=O) groups is 4. The number of aryl methyl sites for hydroxylation is 1. The molecule has 0 spiro atoms. The number of pyridine rings is 1. The van der Waals surface area contributed by atoms with Gasteiger partial charge in [-0.3, -0.25) is 24.0 Å². The minimum atomic E-state index is -4.47. The molecule has 7 atom stereocenters. The van der Waals surface area contributed by atoms with Gasteiger partial charge in [-0.15, -0.1) is 0 Å². The van der Waals surface area contributed by atoms with E-state index in [4.69, 9.17) is 14.5 Å². The zero-order chi connectivity index (χ0) is 43.6. The standard InChI is InChI=1S/C42H54F3N5O9S/c1-24-11-6-7-12-26-21-42(26,37(53)48-60(56,57)41(23-43)16-17-41)47-34(51)31-20-27(59-35-29-14-9-8-13-28(29)33-30(46-35)15-10-18-58-33)22-49(31)36(52)32(25(2)19-24)50(38(54)55)39(3,4)40(5,44)45/h7-9,12-14,24-27,31-32H,6,10-11,15-23H2,1-5H3,(H,47,51)(H,48,53)(H,54,55)/t24-,25+,26+,27+,31-,32-,42+/m0/s1. The molecule has 1 saturated heterocycles. The van der Waals surface area contributed by atoms with E-state index in [9.17, 15) is 32.3 Å². The maximum absolute atomic E-state index is 15.4. The van der Waals surface area contributed by atoms with Crippen LogP contribution in [0.2, 0.25) is 0 Å². The lowest BCUT2D eigenvalue weighted by atomic mass is 9.84. The first-order valence-corrected chi connectivity index (χ1v) is 22.2. The molecule has 3 fully saturated rings. The Morgan fingerprint density at radius 3 is 2.48 bits per heavy atom. The normalized spacial score (nSPS) is 29.4. The number of hydrogen-bond donors (Lipinski definition) is 3. The van der Waals surface area contributed by atoms with E-state index in [0.717, 1.165) is 30.6 Å². The summed E-state index contributed by atoms with van der Waals surface area (Å²) in [5, 5.41) is 14.8. The molecule has 2 saturated carbocycles. The van der Waals surface area contributed by atoms with Crippen LogP contribution in [-0.4, -0.2) is 112 Å². The lowest BCUT2D eigenvalue weighted by Gasteiger charge is -2.47. The van der Waals surface area contributed by atoms with Crippen LogP contribution in [0.15, 0.2) is 36.4 Å². The Morgan fingerprint density at radius 2 is 1.83 bits per heavy atom. The van der Waals surface area contributed by atoms with Gasteiger partial charge in [-0.2, -0.15) is 0 Å². The summed E-state index contributed by atoms with van der Waals surface area (Å²) in [6, 6.07) is 4.18. The van der Waals surface area contributed by atoms with Crippen molar-refractivity contribution >= 4 is 44.6 Å². The highest BCUT2D eigenvalue weighted by atomic mass is 32.2. The van der Waals surface area contributed by atoms with E-state index in [1.165, 1.54) is 0 Å². The van der Waals surface area contributed by atoms with Crippen molar-refractivity contribution in [1.29, 1.82) is 0 Å². The van der Waals surface area contributed by atoms with E-state index in [-0.39, 0.29) is 50.4 Å². The Bertz CT molecular complexity index is 2200. The highest BCUT2D eigenvalue weighted by Crippen LogP contribution is 2.48. The molecule has 0 unspecified atom stereocenters. The molecule has 18 heteroatoms. The van der Waals surface area contributed by atoms with Crippen molar-refractivity contribution in [2.45, 2.75) is 132 Å². The number of sulfonamides is 1.